The molecule has 53 heavy (non-hydrogen) atoms. The van der Waals surface area contributed by atoms with Crippen LogP contribution in [0.4, 0.5) is 0 Å². The average Bonchev–Trinajstić information content (AvgIpc) is 3.14. The van der Waals surface area contributed by atoms with Gasteiger partial charge < -0.3 is 29.1 Å². The van der Waals surface area contributed by atoms with Crippen LogP contribution in [0, 0.1) is 0 Å². The molecule has 0 fully saturated rings. The fraction of sp³-hybridized carbons (Fsp3) is 0.674. The zero-order valence-corrected chi connectivity index (χ0v) is 34.2. The third-order valence-corrected chi connectivity index (χ3v) is 9.10. The molecule has 0 spiro atoms. The monoisotopic (exact) mass is 764 g/mol. The summed E-state index contributed by atoms with van der Waals surface area (Å²) in [7, 11) is -4.61. The van der Waals surface area contributed by atoms with Gasteiger partial charge in [0.2, 0.25) is 0 Å². The second kappa shape index (κ2) is 39.2. The first-order valence-electron chi connectivity index (χ1n) is 20.5. The van der Waals surface area contributed by atoms with Gasteiger partial charge >= 0.3 is 11.9 Å². The molecular weight excluding hydrogens is 689 g/mol. The minimum atomic E-state index is -4.61. The lowest BCUT2D eigenvalue weighted by molar-refractivity contribution is -0.373. The standard InChI is InChI=1S/C43H74NO8P/c1-3-5-7-9-11-13-15-17-18-19-20-21-22-24-26-28-30-32-34-36-43(46)52-41(40-51-53(47,48)50-38-37-44)39-49-42(45)35-33-31-29-27-25-23-16-14-12-10-8-6-4-2/h5,7,11,13,17-18,20-21,24,26,30,32,41H,3-4,6,8-10,12,14-16,19,22-23,25,27-29,31,33-40,44H2,1-2H3,(H,47,48)/b7-5-,13-11+,18-17+,21-20+,26-24+,32-30+/t41-/m1/s1. The fourth-order valence-electron chi connectivity index (χ4n) is 5.13. The molecule has 10 heteroatoms. The lowest BCUT2D eigenvalue weighted by Gasteiger charge is -2.25. The normalized spacial score (nSPS) is 14.1. The van der Waals surface area contributed by atoms with Crippen LogP contribution < -0.4 is 10.6 Å². The maximum atomic E-state index is 12.5. The van der Waals surface area contributed by atoms with Crippen molar-refractivity contribution in [2.45, 2.75) is 161 Å². The molecule has 0 heterocycles. The third-order valence-electron chi connectivity index (χ3n) is 8.14. The van der Waals surface area contributed by atoms with Gasteiger partial charge in [0.1, 0.15) is 13.2 Å². The van der Waals surface area contributed by atoms with Crippen molar-refractivity contribution in [2.75, 3.05) is 26.4 Å². The number of ether oxygens (including phenoxy) is 2. The van der Waals surface area contributed by atoms with Gasteiger partial charge in [-0.1, -0.05) is 164 Å². The van der Waals surface area contributed by atoms with Crippen molar-refractivity contribution in [2.24, 2.45) is 0 Å². The van der Waals surface area contributed by atoms with Crippen molar-refractivity contribution in [1.82, 2.24) is 0 Å². The highest BCUT2D eigenvalue weighted by Gasteiger charge is 2.21. The van der Waals surface area contributed by atoms with Crippen LogP contribution in [0.25, 0.3) is 0 Å². The molecule has 0 saturated heterocycles. The molecule has 0 aromatic heterocycles. The van der Waals surface area contributed by atoms with Crippen LogP contribution in [0.1, 0.15) is 155 Å². The van der Waals surface area contributed by atoms with Crippen molar-refractivity contribution >= 4 is 19.8 Å². The molecule has 0 saturated carbocycles. The first kappa shape index (κ1) is 50.5. The summed E-state index contributed by atoms with van der Waals surface area (Å²) in [6, 6.07) is 0. The topological polar surface area (TPSA) is 139 Å². The summed E-state index contributed by atoms with van der Waals surface area (Å²) in [5.41, 5.74) is 3.54. The van der Waals surface area contributed by atoms with E-state index in [1.807, 2.05) is 12.2 Å². The van der Waals surface area contributed by atoms with E-state index in [2.05, 4.69) is 80.3 Å². The molecule has 0 aliphatic heterocycles. The Morgan fingerprint density at radius 3 is 1.51 bits per heavy atom. The number of carbonyl (C=O) groups is 2. The Morgan fingerprint density at radius 1 is 0.585 bits per heavy atom. The average molecular weight is 764 g/mol. The number of phosphoric acid groups is 1. The van der Waals surface area contributed by atoms with E-state index in [1.54, 1.807) is 0 Å². The van der Waals surface area contributed by atoms with Crippen LogP contribution in [0.5, 0.6) is 0 Å². The quantitative estimate of drug-likeness (QED) is 0.0286. The van der Waals surface area contributed by atoms with Gasteiger partial charge in [0.15, 0.2) is 6.10 Å². The molecule has 0 amide bonds. The Kier molecular flexibility index (Phi) is 37.3. The SMILES string of the molecule is CC/C=C\C/C=C/C/C=C/C/C=C/C/C=C/C/C=C/CCC(=O)O[C@H](COC(=O)CCCCCCCCCCCCCCC)COP(=O)([O-])OCC[NH3+]. The summed E-state index contributed by atoms with van der Waals surface area (Å²) < 4.78 is 32.4. The van der Waals surface area contributed by atoms with Crippen LogP contribution in [-0.4, -0.2) is 44.4 Å². The van der Waals surface area contributed by atoms with Gasteiger partial charge in [0.25, 0.3) is 7.82 Å². The summed E-state index contributed by atoms with van der Waals surface area (Å²) in [6.45, 7) is 3.71. The molecule has 0 aromatic carbocycles. The van der Waals surface area contributed by atoms with Crippen molar-refractivity contribution in [3.05, 3.63) is 72.9 Å². The van der Waals surface area contributed by atoms with E-state index in [0.29, 0.717) is 6.42 Å². The van der Waals surface area contributed by atoms with Gasteiger partial charge in [-0.3, -0.25) is 14.2 Å². The summed E-state index contributed by atoms with van der Waals surface area (Å²) in [5, 5.41) is 0. The summed E-state index contributed by atoms with van der Waals surface area (Å²) in [4.78, 5) is 36.9. The highest BCUT2D eigenvalue weighted by molar-refractivity contribution is 7.45. The van der Waals surface area contributed by atoms with Crippen LogP contribution in [0.15, 0.2) is 72.9 Å². The minimum Gasteiger partial charge on any atom is -0.756 e. The van der Waals surface area contributed by atoms with Crippen LogP contribution in [-0.2, 0) is 32.7 Å². The second-order valence-electron chi connectivity index (χ2n) is 13.2. The Balaban J connectivity index is 4.33. The minimum absolute atomic E-state index is 0.0958. The highest BCUT2D eigenvalue weighted by atomic mass is 31.2. The third kappa shape index (κ3) is 39.0. The molecule has 3 N–H and O–H groups in total. The smallest absolute Gasteiger partial charge is 0.306 e. The lowest BCUT2D eigenvalue weighted by atomic mass is 10.0. The van der Waals surface area contributed by atoms with Crippen LogP contribution in [0.3, 0.4) is 0 Å². The molecule has 0 radical (unpaired) electrons. The molecule has 0 rings (SSSR count). The molecule has 1 unspecified atom stereocenters. The Labute approximate surface area is 322 Å². The molecule has 0 aliphatic carbocycles. The Bertz CT molecular complexity index is 1100. The number of rotatable bonds is 37. The Hall–Kier alpha value is -2.55. The van der Waals surface area contributed by atoms with E-state index in [1.165, 1.54) is 64.2 Å². The zero-order valence-electron chi connectivity index (χ0n) is 33.3. The number of allylic oxidation sites excluding steroid dienone is 12. The van der Waals surface area contributed by atoms with Gasteiger partial charge in [-0.05, 0) is 51.4 Å². The molecule has 0 bridgehead atoms. The number of hydrogen-bond acceptors (Lipinski definition) is 8. The number of hydrogen-bond donors (Lipinski definition) is 1. The van der Waals surface area contributed by atoms with Gasteiger partial charge in [0.05, 0.1) is 13.2 Å². The molecular formula is C43H74NO8P. The summed E-state index contributed by atoms with van der Waals surface area (Å²) in [6.07, 6.45) is 46.5. The number of esters is 2. The van der Waals surface area contributed by atoms with Crippen LogP contribution >= 0.6 is 7.82 Å². The maximum absolute atomic E-state index is 12.5. The predicted molar refractivity (Wildman–Crippen MR) is 216 cm³/mol. The van der Waals surface area contributed by atoms with Gasteiger partial charge in [-0.25, -0.2) is 0 Å². The second-order valence-corrected chi connectivity index (χ2v) is 14.6. The highest BCUT2D eigenvalue weighted by Crippen LogP contribution is 2.38. The van der Waals surface area contributed by atoms with E-state index in [9.17, 15) is 19.0 Å². The largest absolute Gasteiger partial charge is 0.756 e. The maximum Gasteiger partial charge on any atom is 0.306 e. The van der Waals surface area contributed by atoms with Crippen molar-refractivity contribution in [3.8, 4) is 0 Å². The number of quaternary nitrogens is 1. The van der Waals surface area contributed by atoms with Crippen molar-refractivity contribution < 1.29 is 43.3 Å². The molecule has 2 atom stereocenters. The lowest BCUT2D eigenvalue weighted by Crippen LogP contribution is -2.52. The van der Waals surface area contributed by atoms with Gasteiger partial charge in [-0.15, -0.1) is 0 Å². The molecule has 0 aliphatic rings. The van der Waals surface area contributed by atoms with E-state index in [0.717, 1.165) is 57.8 Å². The zero-order chi connectivity index (χ0) is 38.9. The van der Waals surface area contributed by atoms with E-state index in [4.69, 9.17) is 18.5 Å². The van der Waals surface area contributed by atoms with Crippen molar-refractivity contribution in [1.29, 1.82) is 0 Å². The fourth-order valence-corrected chi connectivity index (χ4v) is 5.91. The molecule has 0 aromatic rings. The predicted octanol–water partition coefficient (Wildman–Crippen LogP) is 10.1. The summed E-state index contributed by atoms with van der Waals surface area (Å²) in [5.74, 6) is -0.948. The van der Waals surface area contributed by atoms with Crippen LogP contribution in [0.2, 0.25) is 0 Å². The van der Waals surface area contributed by atoms with Crippen molar-refractivity contribution in [3.63, 3.8) is 0 Å². The van der Waals surface area contributed by atoms with E-state index < -0.39 is 32.5 Å². The first-order chi connectivity index (χ1) is 25.8. The van der Waals surface area contributed by atoms with E-state index in [-0.39, 0.29) is 32.6 Å². The number of phosphoric ester groups is 1. The number of unbranched alkanes of at least 4 members (excludes halogenated alkanes) is 12. The molecule has 304 valence electrons. The summed E-state index contributed by atoms with van der Waals surface area (Å²) >= 11 is 0. The van der Waals surface area contributed by atoms with Gasteiger partial charge in [0, 0.05) is 12.8 Å². The van der Waals surface area contributed by atoms with E-state index >= 15 is 0 Å². The number of carbonyl (C=O) groups excluding carboxylic acids is 2. The first-order valence-corrected chi connectivity index (χ1v) is 21.9. The molecule has 9 nitrogen and oxygen atoms in total. The van der Waals surface area contributed by atoms with Gasteiger partial charge in [-0.2, -0.15) is 0 Å². The Morgan fingerprint density at radius 2 is 1.04 bits per heavy atom.